The minimum atomic E-state index is -0.173. The lowest BCUT2D eigenvalue weighted by molar-refractivity contribution is 0.102. The fraction of sp³-hybridized carbons (Fsp3) is 0.235. The highest BCUT2D eigenvalue weighted by atomic mass is 16.1. The van der Waals surface area contributed by atoms with Crippen LogP contribution in [-0.2, 0) is 13.5 Å². The first-order chi connectivity index (χ1) is 11.1. The van der Waals surface area contributed by atoms with E-state index in [2.05, 4.69) is 15.5 Å². The van der Waals surface area contributed by atoms with Gasteiger partial charge in [0.25, 0.3) is 5.91 Å². The molecule has 118 valence electrons. The van der Waals surface area contributed by atoms with Crippen LogP contribution >= 0.6 is 0 Å². The van der Waals surface area contributed by atoms with Crippen molar-refractivity contribution in [3.8, 4) is 5.69 Å². The molecule has 0 aliphatic rings. The van der Waals surface area contributed by atoms with Gasteiger partial charge in [0.05, 0.1) is 35.0 Å². The molecule has 0 fully saturated rings. The molecule has 3 aromatic rings. The lowest BCUT2D eigenvalue weighted by Gasteiger charge is -2.08. The quantitative estimate of drug-likeness (QED) is 0.806. The van der Waals surface area contributed by atoms with Crippen LogP contribution in [0.15, 0.2) is 42.9 Å². The highest BCUT2D eigenvalue weighted by Gasteiger charge is 2.17. The number of rotatable bonds is 4. The van der Waals surface area contributed by atoms with Crippen molar-refractivity contribution in [2.45, 2.75) is 20.3 Å². The minimum absolute atomic E-state index is 0.173. The first-order valence-electron chi connectivity index (χ1n) is 7.52. The molecule has 23 heavy (non-hydrogen) atoms. The molecule has 0 bridgehead atoms. The number of carbonyl (C=O) groups excluding carboxylic acids is 1. The van der Waals surface area contributed by atoms with Gasteiger partial charge >= 0.3 is 0 Å². The second-order valence-electron chi connectivity index (χ2n) is 5.46. The van der Waals surface area contributed by atoms with Gasteiger partial charge in [-0.2, -0.15) is 10.2 Å². The van der Waals surface area contributed by atoms with Crippen LogP contribution in [0.5, 0.6) is 0 Å². The van der Waals surface area contributed by atoms with Crippen LogP contribution in [0, 0.1) is 6.92 Å². The van der Waals surface area contributed by atoms with E-state index < -0.39 is 0 Å². The predicted molar refractivity (Wildman–Crippen MR) is 88.8 cm³/mol. The smallest absolute Gasteiger partial charge is 0.259 e. The van der Waals surface area contributed by atoms with Gasteiger partial charge < -0.3 is 5.32 Å². The van der Waals surface area contributed by atoms with Crippen LogP contribution in [0.25, 0.3) is 5.69 Å². The monoisotopic (exact) mass is 309 g/mol. The van der Waals surface area contributed by atoms with Gasteiger partial charge in [0.2, 0.25) is 0 Å². The largest absolute Gasteiger partial charge is 0.319 e. The fourth-order valence-electron chi connectivity index (χ4n) is 2.50. The molecule has 6 heteroatoms. The topological polar surface area (TPSA) is 64.7 Å². The summed E-state index contributed by atoms with van der Waals surface area (Å²) in [7, 11) is 1.81. The normalized spacial score (nSPS) is 10.7. The summed E-state index contributed by atoms with van der Waals surface area (Å²) in [5, 5.41) is 11.3. The first kappa shape index (κ1) is 15.0. The summed E-state index contributed by atoms with van der Waals surface area (Å²) in [6.07, 6.45) is 5.70. The molecule has 0 aliphatic carbocycles. The van der Waals surface area contributed by atoms with Gasteiger partial charge in [-0.05, 0) is 25.5 Å². The molecule has 0 saturated heterocycles. The van der Waals surface area contributed by atoms with E-state index >= 15 is 0 Å². The lowest BCUT2D eigenvalue weighted by atomic mass is 10.1. The molecule has 2 aromatic heterocycles. The van der Waals surface area contributed by atoms with Crippen molar-refractivity contribution in [1.82, 2.24) is 19.6 Å². The Morgan fingerprint density at radius 3 is 2.52 bits per heavy atom. The average Bonchev–Trinajstić information content (AvgIpc) is 3.14. The summed E-state index contributed by atoms with van der Waals surface area (Å²) in [6, 6.07) is 8.08. The molecule has 0 aliphatic heterocycles. The molecule has 0 spiro atoms. The maximum Gasteiger partial charge on any atom is 0.259 e. The van der Waals surface area contributed by atoms with Gasteiger partial charge in [0.1, 0.15) is 0 Å². The van der Waals surface area contributed by atoms with E-state index in [1.54, 1.807) is 23.3 Å². The number of aryl methyl sites for hydroxylation is 2. The SMILES string of the molecule is CCc1c(C(=O)Nc2cnn(C)c2)cnn1-c1ccc(C)cc1. The van der Waals surface area contributed by atoms with Crippen LogP contribution in [0.1, 0.15) is 28.5 Å². The van der Waals surface area contributed by atoms with Crippen LogP contribution in [0.3, 0.4) is 0 Å². The third-order valence-electron chi connectivity index (χ3n) is 3.69. The Bertz CT molecular complexity index is 829. The molecule has 0 atom stereocenters. The van der Waals surface area contributed by atoms with Crippen molar-refractivity contribution in [3.05, 3.63) is 59.7 Å². The van der Waals surface area contributed by atoms with E-state index in [1.807, 2.05) is 49.8 Å². The van der Waals surface area contributed by atoms with E-state index in [-0.39, 0.29) is 5.91 Å². The van der Waals surface area contributed by atoms with Crippen molar-refractivity contribution < 1.29 is 4.79 Å². The Kier molecular flexibility index (Phi) is 3.97. The van der Waals surface area contributed by atoms with Gasteiger partial charge in [-0.1, -0.05) is 24.6 Å². The van der Waals surface area contributed by atoms with Crippen molar-refractivity contribution in [3.63, 3.8) is 0 Å². The van der Waals surface area contributed by atoms with Crippen LogP contribution in [0.2, 0.25) is 0 Å². The van der Waals surface area contributed by atoms with Crippen molar-refractivity contribution in [2.75, 3.05) is 5.32 Å². The van der Waals surface area contributed by atoms with Crippen LogP contribution in [-0.4, -0.2) is 25.5 Å². The predicted octanol–water partition coefficient (Wildman–Crippen LogP) is 2.73. The number of nitrogens with one attached hydrogen (secondary N) is 1. The van der Waals surface area contributed by atoms with Gasteiger partial charge in [-0.25, -0.2) is 4.68 Å². The number of benzene rings is 1. The molecule has 0 unspecified atom stereocenters. The maximum atomic E-state index is 12.5. The minimum Gasteiger partial charge on any atom is -0.319 e. The molecule has 1 N–H and O–H groups in total. The van der Waals surface area contributed by atoms with Crippen molar-refractivity contribution >= 4 is 11.6 Å². The molecular formula is C17H19N5O. The lowest BCUT2D eigenvalue weighted by Crippen LogP contribution is -2.14. The number of nitrogens with zero attached hydrogens (tertiary/aromatic N) is 4. The molecule has 2 heterocycles. The molecule has 3 rings (SSSR count). The summed E-state index contributed by atoms with van der Waals surface area (Å²) in [6.45, 7) is 4.06. The zero-order valence-corrected chi connectivity index (χ0v) is 13.4. The summed E-state index contributed by atoms with van der Waals surface area (Å²) < 4.78 is 3.46. The number of aromatic nitrogens is 4. The highest BCUT2D eigenvalue weighted by Crippen LogP contribution is 2.18. The highest BCUT2D eigenvalue weighted by molar-refractivity contribution is 6.04. The van der Waals surface area contributed by atoms with E-state index in [0.29, 0.717) is 17.7 Å². The zero-order chi connectivity index (χ0) is 16.4. The summed E-state index contributed by atoms with van der Waals surface area (Å²) in [5.41, 5.74) is 4.27. The average molecular weight is 309 g/mol. The molecule has 0 radical (unpaired) electrons. The number of hydrogen-bond acceptors (Lipinski definition) is 3. The van der Waals surface area contributed by atoms with Crippen LogP contribution < -0.4 is 5.32 Å². The molecule has 1 amide bonds. The maximum absolute atomic E-state index is 12.5. The standard InChI is InChI=1S/C17H19N5O/c1-4-16-15(17(23)20-13-9-18-21(3)11-13)10-19-22(16)14-7-5-12(2)6-8-14/h5-11H,4H2,1-3H3,(H,20,23). The molecule has 6 nitrogen and oxygen atoms in total. The number of amides is 1. The summed E-state index contributed by atoms with van der Waals surface area (Å²) in [4.78, 5) is 12.5. The fourth-order valence-corrected chi connectivity index (χ4v) is 2.50. The molecule has 0 saturated carbocycles. The van der Waals surface area contributed by atoms with E-state index in [1.165, 1.54) is 5.56 Å². The zero-order valence-electron chi connectivity index (χ0n) is 13.4. The Labute approximate surface area is 134 Å². The van der Waals surface area contributed by atoms with Gasteiger partial charge in [-0.3, -0.25) is 9.48 Å². The van der Waals surface area contributed by atoms with E-state index in [9.17, 15) is 4.79 Å². The van der Waals surface area contributed by atoms with Gasteiger partial charge in [0, 0.05) is 13.2 Å². The Hall–Kier alpha value is -2.89. The third-order valence-corrected chi connectivity index (χ3v) is 3.69. The third kappa shape index (κ3) is 3.01. The van der Waals surface area contributed by atoms with E-state index in [0.717, 1.165) is 11.4 Å². The molecule has 1 aromatic carbocycles. The first-order valence-corrected chi connectivity index (χ1v) is 7.52. The second-order valence-corrected chi connectivity index (χ2v) is 5.46. The van der Waals surface area contributed by atoms with E-state index in [4.69, 9.17) is 0 Å². The molecular weight excluding hydrogens is 290 g/mol. The number of carbonyl (C=O) groups is 1. The summed E-state index contributed by atoms with van der Waals surface area (Å²) in [5.74, 6) is -0.173. The number of anilines is 1. The van der Waals surface area contributed by atoms with Crippen LogP contribution in [0.4, 0.5) is 5.69 Å². The van der Waals surface area contributed by atoms with Gasteiger partial charge in [-0.15, -0.1) is 0 Å². The number of hydrogen-bond donors (Lipinski definition) is 1. The second kappa shape index (κ2) is 6.08. The Morgan fingerprint density at radius 1 is 1.17 bits per heavy atom. The summed E-state index contributed by atoms with van der Waals surface area (Å²) >= 11 is 0. The van der Waals surface area contributed by atoms with Crippen molar-refractivity contribution in [1.29, 1.82) is 0 Å². The Balaban J connectivity index is 1.91. The Morgan fingerprint density at radius 2 is 1.91 bits per heavy atom. The van der Waals surface area contributed by atoms with Crippen molar-refractivity contribution in [2.24, 2.45) is 7.05 Å². The van der Waals surface area contributed by atoms with Gasteiger partial charge in [0.15, 0.2) is 0 Å².